The second kappa shape index (κ2) is 12.1. The number of aromatic nitrogens is 6. The van der Waals surface area contributed by atoms with E-state index in [1.165, 1.54) is 11.8 Å². The lowest BCUT2D eigenvalue weighted by molar-refractivity contribution is -0.143. The number of benzene rings is 2. The predicted molar refractivity (Wildman–Crippen MR) is 149 cm³/mol. The van der Waals surface area contributed by atoms with Gasteiger partial charge in [-0.05, 0) is 31.4 Å². The van der Waals surface area contributed by atoms with Crippen molar-refractivity contribution in [2.75, 3.05) is 6.61 Å². The highest BCUT2D eigenvalue weighted by Gasteiger charge is 2.18. The number of thioether (sulfide) groups is 1. The zero-order chi connectivity index (χ0) is 27.2. The number of unbranched alkanes of at least 4 members (excludes halogenated alkanes) is 1. The molecule has 0 saturated heterocycles. The maximum atomic E-state index is 12.8. The summed E-state index contributed by atoms with van der Waals surface area (Å²) in [5.74, 6) is -0.176. The fourth-order valence-corrected chi connectivity index (χ4v) is 5.23. The Morgan fingerprint density at radius 3 is 2.56 bits per heavy atom. The molecule has 0 atom stereocenters. The van der Waals surface area contributed by atoms with E-state index < -0.39 is 5.69 Å². The molecule has 2 N–H and O–H groups in total. The van der Waals surface area contributed by atoms with Crippen molar-refractivity contribution in [3.05, 3.63) is 82.0 Å². The van der Waals surface area contributed by atoms with Crippen LogP contribution in [0.2, 0.25) is 0 Å². The first kappa shape index (κ1) is 26.4. The Kier molecular flexibility index (Phi) is 8.16. The average Bonchev–Trinajstić information content (AvgIpc) is 3.48. The van der Waals surface area contributed by atoms with Crippen LogP contribution in [0.4, 0.5) is 0 Å². The van der Waals surface area contributed by atoms with E-state index >= 15 is 0 Å². The molecule has 11 heteroatoms. The van der Waals surface area contributed by atoms with E-state index in [4.69, 9.17) is 9.72 Å². The molecular weight excluding hydrogens is 516 g/mol. The van der Waals surface area contributed by atoms with E-state index in [0.717, 1.165) is 27.6 Å². The second-order valence-electron chi connectivity index (χ2n) is 9.01. The van der Waals surface area contributed by atoms with E-state index in [0.29, 0.717) is 36.8 Å². The molecule has 0 unspecified atom stereocenters. The Bertz CT molecular complexity index is 1670. The van der Waals surface area contributed by atoms with Crippen LogP contribution in [-0.4, -0.2) is 48.1 Å². The summed E-state index contributed by atoms with van der Waals surface area (Å²) in [6.07, 6.45) is 1.54. The number of hydrogen-bond donors (Lipinski definition) is 2. The lowest BCUT2D eigenvalue weighted by Gasteiger charge is -2.07. The monoisotopic (exact) mass is 544 g/mol. The lowest BCUT2D eigenvalue weighted by Crippen LogP contribution is -2.07. The summed E-state index contributed by atoms with van der Waals surface area (Å²) < 4.78 is 7.04. The van der Waals surface area contributed by atoms with Gasteiger partial charge in [-0.3, -0.25) is 9.59 Å². The van der Waals surface area contributed by atoms with Crippen molar-refractivity contribution >= 4 is 45.6 Å². The van der Waals surface area contributed by atoms with Crippen LogP contribution in [0.15, 0.2) is 64.5 Å². The zero-order valence-electron chi connectivity index (χ0n) is 21.5. The number of aromatic amines is 2. The molecule has 3 aromatic heterocycles. The van der Waals surface area contributed by atoms with Crippen LogP contribution in [0.25, 0.3) is 22.1 Å². The number of H-pyrrole nitrogens is 2. The van der Waals surface area contributed by atoms with E-state index in [1.54, 1.807) is 6.92 Å². The summed E-state index contributed by atoms with van der Waals surface area (Å²) in [5.41, 5.74) is 3.88. The molecular formula is C28H28N6O4S. The van der Waals surface area contributed by atoms with Crippen LogP contribution in [0.1, 0.15) is 54.4 Å². The first-order valence-electron chi connectivity index (χ1n) is 12.8. The molecule has 0 saturated carbocycles. The molecule has 200 valence electrons. The Balaban J connectivity index is 1.33. The van der Waals surface area contributed by atoms with Gasteiger partial charge in [-0.15, -0.1) is 10.2 Å². The third-order valence-corrected chi connectivity index (χ3v) is 7.17. The van der Waals surface area contributed by atoms with E-state index in [2.05, 4.69) is 36.9 Å². The SMILES string of the molecule is CCOC(=O)CCCCC(=O)c1[nH]c(=O)[nH]c1CSc1nnc2c3ccccc3n(Cc3ccccc3)c2n1. The molecule has 0 aliphatic carbocycles. The highest BCUT2D eigenvalue weighted by atomic mass is 32.2. The molecule has 0 bridgehead atoms. The number of hydrogen-bond acceptors (Lipinski definition) is 8. The van der Waals surface area contributed by atoms with Crippen molar-refractivity contribution in [1.82, 2.24) is 29.7 Å². The minimum atomic E-state index is -0.446. The summed E-state index contributed by atoms with van der Waals surface area (Å²) in [7, 11) is 0. The molecule has 2 aromatic carbocycles. The predicted octanol–water partition coefficient (Wildman–Crippen LogP) is 4.64. The van der Waals surface area contributed by atoms with Gasteiger partial charge in [-0.2, -0.15) is 0 Å². The van der Waals surface area contributed by atoms with Gasteiger partial charge in [0.2, 0.25) is 5.16 Å². The Hall–Kier alpha value is -4.25. The van der Waals surface area contributed by atoms with Crippen molar-refractivity contribution in [1.29, 1.82) is 0 Å². The van der Waals surface area contributed by atoms with Gasteiger partial charge < -0.3 is 19.3 Å². The molecule has 0 spiro atoms. The minimum absolute atomic E-state index is 0.190. The summed E-state index contributed by atoms with van der Waals surface area (Å²) in [5, 5.41) is 10.2. The standard InChI is InChI=1S/C28H28N6O4S/c1-2-38-23(36)15-9-8-14-22(35)25-20(29-27(37)30-25)17-39-28-31-26-24(32-33-28)19-12-6-7-13-21(19)34(26)16-18-10-4-3-5-11-18/h3-7,10-13H,2,8-9,14-17H2,1H3,(H2,29,30,37). The fraction of sp³-hybridized carbons (Fsp3) is 0.286. The van der Waals surface area contributed by atoms with E-state index in [-0.39, 0.29) is 36.0 Å². The van der Waals surface area contributed by atoms with E-state index in [1.807, 2.05) is 42.5 Å². The summed E-state index contributed by atoms with van der Waals surface area (Å²) in [6, 6.07) is 18.2. The van der Waals surface area contributed by atoms with Gasteiger partial charge in [0.25, 0.3) is 0 Å². The molecule has 0 amide bonds. The number of nitrogens with zero attached hydrogens (tertiary/aromatic N) is 4. The maximum absolute atomic E-state index is 12.8. The summed E-state index contributed by atoms with van der Waals surface area (Å²) >= 11 is 1.29. The first-order valence-corrected chi connectivity index (χ1v) is 13.8. The van der Waals surface area contributed by atoms with Gasteiger partial charge in [0.15, 0.2) is 11.4 Å². The Morgan fingerprint density at radius 2 is 1.74 bits per heavy atom. The largest absolute Gasteiger partial charge is 0.466 e. The number of nitrogens with one attached hydrogen (secondary N) is 2. The first-order chi connectivity index (χ1) is 19.0. The molecule has 5 rings (SSSR count). The number of esters is 1. The van der Waals surface area contributed by atoms with Gasteiger partial charge in [-0.1, -0.05) is 60.3 Å². The minimum Gasteiger partial charge on any atom is -0.466 e. The smallest absolute Gasteiger partial charge is 0.323 e. The van der Waals surface area contributed by atoms with Gasteiger partial charge in [-0.25, -0.2) is 9.78 Å². The van der Waals surface area contributed by atoms with Crippen LogP contribution in [-0.2, 0) is 21.8 Å². The van der Waals surface area contributed by atoms with Gasteiger partial charge in [0.05, 0.1) is 17.8 Å². The summed E-state index contributed by atoms with van der Waals surface area (Å²) in [6.45, 7) is 2.73. The Labute approximate surface area is 228 Å². The van der Waals surface area contributed by atoms with Crippen LogP contribution in [0.5, 0.6) is 0 Å². The molecule has 0 aliphatic rings. The number of Topliss-reactive ketones (excluding diaryl/α,β-unsaturated/α-hetero) is 1. The highest BCUT2D eigenvalue weighted by Crippen LogP contribution is 2.29. The van der Waals surface area contributed by atoms with Crippen LogP contribution < -0.4 is 5.69 Å². The number of rotatable bonds is 12. The quantitative estimate of drug-likeness (QED) is 0.100. The zero-order valence-corrected chi connectivity index (χ0v) is 22.3. The van der Waals surface area contributed by atoms with Crippen molar-refractivity contribution < 1.29 is 14.3 Å². The average molecular weight is 545 g/mol. The number of carbonyl (C=O) groups excluding carboxylic acids is 2. The van der Waals surface area contributed by atoms with Crippen LogP contribution in [0.3, 0.4) is 0 Å². The van der Waals surface area contributed by atoms with Crippen molar-refractivity contribution in [2.24, 2.45) is 0 Å². The number of ketones is 1. The summed E-state index contributed by atoms with van der Waals surface area (Å²) in [4.78, 5) is 46.5. The maximum Gasteiger partial charge on any atom is 0.323 e. The molecule has 0 aliphatic heterocycles. The van der Waals surface area contributed by atoms with Crippen molar-refractivity contribution in [2.45, 2.75) is 50.1 Å². The Morgan fingerprint density at radius 1 is 0.974 bits per heavy atom. The highest BCUT2D eigenvalue weighted by molar-refractivity contribution is 7.98. The van der Waals surface area contributed by atoms with Crippen molar-refractivity contribution in [3.63, 3.8) is 0 Å². The third-order valence-electron chi connectivity index (χ3n) is 6.31. The number of imidazole rings is 1. The number of ether oxygens (including phenoxy) is 1. The normalized spacial score (nSPS) is 11.3. The van der Waals surface area contributed by atoms with Crippen LogP contribution >= 0.6 is 11.8 Å². The number of fused-ring (bicyclic) bond motifs is 3. The molecule has 10 nitrogen and oxygen atoms in total. The molecule has 39 heavy (non-hydrogen) atoms. The third kappa shape index (κ3) is 6.09. The van der Waals surface area contributed by atoms with Gasteiger partial charge >= 0.3 is 11.7 Å². The number of para-hydroxylation sites is 1. The second-order valence-corrected chi connectivity index (χ2v) is 9.95. The van der Waals surface area contributed by atoms with Crippen LogP contribution in [0, 0.1) is 0 Å². The fourth-order valence-electron chi connectivity index (χ4n) is 4.49. The molecule has 0 radical (unpaired) electrons. The topological polar surface area (TPSA) is 136 Å². The van der Waals surface area contributed by atoms with Crippen molar-refractivity contribution in [3.8, 4) is 0 Å². The van der Waals surface area contributed by atoms with E-state index in [9.17, 15) is 14.4 Å². The molecule has 0 fully saturated rings. The van der Waals surface area contributed by atoms with Gasteiger partial charge in [0, 0.05) is 30.5 Å². The van der Waals surface area contributed by atoms with Gasteiger partial charge in [0.1, 0.15) is 11.2 Å². The molecule has 3 heterocycles. The number of carbonyl (C=O) groups is 2. The molecule has 5 aromatic rings. The lowest BCUT2D eigenvalue weighted by atomic mass is 10.1.